The number of alkyl halides is 2. The lowest BCUT2D eigenvalue weighted by Crippen LogP contribution is -2.33. The SMILES string of the molecule is COc1ccc(OC)c([C@H]2CCCN2CC(=O)Nc2ccc(OC(F)F)cc2)c1. The van der Waals surface area contributed by atoms with Crippen LogP contribution >= 0.6 is 0 Å². The summed E-state index contributed by atoms with van der Waals surface area (Å²) in [7, 11) is 3.24. The van der Waals surface area contributed by atoms with E-state index in [1.165, 1.54) is 24.3 Å². The van der Waals surface area contributed by atoms with Gasteiger partial charge in [0.1, 0.15) is 17.2 Å². The van der Waals surface area contributed by atoms with Gasteiger partial charge in [-0.2, -0.15) is 8.78 Å². The van der Waals surface area contributed by atoms with Gasteiger partial charge in [-0.1, -0.05) is 0 Å². The highest BCUT2D eigenvalue weighted by atomic mass is 19.3. The third-order valence-electron chi connectivity index (χ3n) is 4.87. The number of nitrogens with one attached hydrogen (secondary N) is 1. The second kappa shape index (κ2) is 9.56. The predicted molar refractivity (Wildman–Crippen MR) is 105 cm³/mol. The Morgan fingerprint density at radius 2 is 1.86 bits per heavy atom. The zero-order valence-corrected chi connectivity index (χ0v) is 16.4. The predicted octanol–water partition coefficient (Wildman–Crippen LogP) is 4.08. The maximum Gasteiger partial charge on any atom is 0.387 e. The van der Waals surface area contributed by atoms with Crippen LogP contribution in [0, 0.1) is 0 Å². The van der Waals surface area contributed by atoms with Gasteiger partial charge in [0.05, 0.1) is 20.8 Å². The second-order valence-electron chi connectivity index (χ2n) is 6.69. The molecule has 0 aliphatic carbocycles. The number of carbonyl (C=O) groups excluding carboxylic acids is 1. The quantitative estimate of drug-likeness (QED) is 0.716. The minimum atomic E-state index is -2.88. The van der Waals surface area contributed by atoms with E-state index >= 15 is 0 Å². The van der Waals surface area contributed by atoms with Gasteiger partial charge in [0.2, 0.25) is 5.91 Å². The summed E-state index contributed by atoms with van der Waals surface area (Å²) in [6.07, 6.45) is 1.88. The van der Waals surface area contributed by atoms with Crippen LogP contribution in [-0.4, -0.2) is 44.7 Å². The Hall–Kier alpha value is -2.87. The van der Waals surface area contributed by atoms with Gasteiger partial charge in [-0.05, 0) is 61.9 Å². The van der Waals surface area contributed by atoms with Crippen LogP contribution in [0.15, 0.2) is 42.5 Å². The Bertz CT molecular complexity index is 830. The first-order chi connectivity index (χ1) is 14.0. The molecule has 1 fully saturated rings. The van der Waals surface area contributed by atoms with Crippen molar-refractivity contribution >= 4 is 11.6 Å². The molecule has 2 aromatic rings. The lowest BCUT2D eigenvalue weighted by atomic mass is 10.0. The maximum absolute atomic E-state index is 12.5. The summed E-state index contributed by atoms with van der Waals surface area (Å²) in [4.78, 5) is 14.6. The molecule has 0 saturated carbocycles. The number of anilines is 1. The van der Waals surface area contributed by atoms with Crippen LogP contribution in [0.4, 0.5) is 14.5 Å². The van der Waals surface area contributed by atoms with Gasteiger partial charge < -0.3 is 19.5 Å². The van der Waals surface area contributed by atoms with Crippen LogP contribution in [0.2, 0.25) is 0 Å². The van der Waals surface area contributed by atoms with E-state index in [1.54, 1.807) is 14.2 Å². The number of ether oxygens (including phenoxy) is 3. The first-order valence-electron chi connectivity index (χ1n) is 9.31. The van der Waals surface area contributed by atoms with Crippen molar-refractivity contribution in [2.24, 2.45) is 0 Å². The van der Waals surface area contributed by atoms with E-state index < -0.39 is 6.61 Å². The van der Waals surface area contributed by atoms with Crippen LogP contribution in [0.5, 0.6) is 17.2 Å². The van der Waals surface area contributed by atoms with Crippen LogP contribution in [-0.2, 0) is 4.79 Å². The van der Waals surface area contributed by atoms with Crippen molar-refractivity contribution in [2.45, 2.75) is 25.5 Å². The molecule has 156 valence electrons. The number of methoxy groups -OCH3 is 2. The Morgan fingerprint density at radius 3 is 2.52 bits per heavy atom. The third-order valence-corrected chi connectivity index (χ3v) is 4.87. The first kappa shape index (κ1) is 20.9. The summed E-state index contributed by atoms with van der Waals surface area (Å²) < 4.78 is 39.6. The summed E-state index contributed by atoms with van der Waals surface area (Å²) in [5.74, 6) is 1.37. The van der Waals surface area contributed by atoms with E-state index in [0.717, 1.165) is 36.4 Å². The van der Waals surface area contributed by atoms with Crippen LogP contribution in [0.1, 0.15) is 24.4 Å². The summed E-state index contributed by atoms with van der Waals surface area (Å²) in [6, 6.07) is 11.5. The van der Waals surface area contributed by atoms with Crippen molar-refractivity contribution in [3.63, 3.8) is 0 Å². The van der Waals surface area contributed by atoms with Gasteiger partial charge in [-0.3, -0.25) is 9.69 Å². The summed E-state index contributed by atoms with van der Waals surface area (Å²) in [5, 5.41) is 2.79. The molecule has 0 radical (unpaired) electrons. The van der Waals surface area contributed by atoms with Crippen LogP contribution in [0.3, 0.4) is 0 Å². The van der Waals surface area contributed by atoms with Crippen molar-refractivity contribution < 1.29 is 27.8 Å². The highest BCUT2D eigenvalue weighted by molar-refractivity contribution is 5.92. The number of hydrogen-bond donors (Lipinski definition) is 1. The Balaban J connectivity index is 1.65. The molecule has 8 heteroatoms. The van der Waals surface area contributed by atoms with Gasteiger partial charge in [0, 0.05) is 17.3 Å². The fourth-order valence-electron chi connectivity index (χ4n) is 3.57. The molecule has 6 nitrogen and oxygen atoms in total. The smallest absolute Gasteiger partial charge is 0.387 e. The highest BCUT2D eigenvalue weighted by Gasteiger charge is 2.30. The van der Waals surface area contributed by atoms with Crippen molar-refractivity contribution in [1.82, 2.24) is 4.90 Å². The number of hydrogen-bond acceptors (Lipinski definition) is 5. The number of nitrogens with zero attached hydrogens (tertiary/aromatic N) is 1. The van der Waals surface area contributed by atoms with Gasteiger partial charge in [-0.25, -0.2) is 0 Å². The average molecular weight is 406 g/mol. The van der Waals surface area contributed by atoms with E-state index in [9.17, 15) is 13.6 Å². The van der Waals surface area contributed by atoms with Crippen LogP contribution < -0.4 is 19.5 Å². The Morgan fingerprint density at radius 1 is 1.14 bits per heavy atom. The zero-order chi connectivity index (χ0) is 20.8. The minimum absolute atomic E-state index is 0.0442. The lowest BCUT2D eigenvalue weighted by Gasteiger charge is -2.26. The highest BCUT2D eigenvalue weighted by Crippen LogP contribution is 2.38. The number of likely N-dealkylation sites (tertiary alicyclic amines) is 1. The summed E-state index contributed by atoms with van der Waals surface area (Å²) in [6.45, 7) is -1.88. The minimum Gasteiger partial charge on any atom is -0.497 e. The molecule has 0 spiro atoms. The topological polar surface area (TPSA) is 60.0 Å². The molecule has 0 bridgehead atoms. The Labute approximate surface area is 168 Å². The largest absolute Gasteiger partial charge is 0.497 e. The van der Waals surface area contributed by atoms with Gasteiger partial charge in [0.25, 0.3) is 0 Å². The molecular weight excluding hydrogens is 382 g/mol. The van der Waals surface area contributed by atoms with E-state index in [-0.39, 0.29) is 24.2 Å². The van der Waals surface area contributed by atoms with Crippen molar-refractivity contribution in [3.8, 4) is 17.2 Å². The number of benzene rings is 2. The first-order valence-corrected chi connectivity index (χ1v) is 9.31. The third kappa shape index (κ3) is 5.35. The molecule has 29 heavy (non-hydrogen) atoms. The number of rotatable bonds is 8. The van der Waals surface area contributed by atoms with E-state index in [2.05, 4.69) is 15.0 Å². The van der Waals surface area contributed by atoms with Gasteiger partial charge in [-0.15, -0.1) is 0 Å². The molecule has 0 unspecified atom stereocenters. The fraction of sp³-hybridized carbons (Fsp3) is 0.381. The standard InChI is InChI=1S/C21H24F2N2O4/c1-27-16-9-10-19(28-2)17(12-16)18-4-3-11-25(18)13-20(26)24-14-5-7-15(8-6-14)29-21(22)23/h5-10,12,18,21H,3-4,11,13H2,1-2H3,(H,24,26)/t18-/m1/s1. The molecule has 1 saturated heterocycles. The van der Waals surface area contributed by atoms with E-state index in [1.807, 2.05) is 18.2 Å². The van der Waals surface area contributed by atoms with Crippen molar-refractivity contribution in [1.29, 1.82) is 0 Å². The average Bonchev–Trinajstić information content (AvgIpc) is 3.16. The molecular formula is C21H24F2N2O4. The van der Waals surface area contributed by atoms with Crippen molar-refractivity contribution in [2.75, 3.05) is 32.6 Å². The lowest BCUT2D eigenvalue weighted by molar-refractivity contribution is -0.117. The molecule has 1 N–H and O–H groups in total. The van der Waals surface area contributed by atoms with Crippen molar-refractivity contribution in [3.05, 3.63) is 48.0 Å². The molecule has 1 amide bonds. The Kier molecular flexibility index (Phi) is 6.87. The molecule has 2 aromatic carbocycles. The molecule has 1 atom stereocenters. The van der Waals surface area contributed by atoms with E-state index in [4.69, 9.17) is 9.47 Å². The molecule has 0 aromatic heterocycles. The fourth-order valence-corrected chi connectivity index (χ4v) is 3.57. The summed E-state index contributed by atoms with van der Waals surface area (Å²) >= 11 is 0. The normalized spacial score (nSPS) is 16.7. The zero-order valence-electron chi connectivity index (χ0n) is 16.4. The maximum atomic E-state index is 12.5. The number of amides is 1. The second-order valence-corrected chi connectivity index (χ2v) is 6.69. The van der Waals surface area contributed by atoms with Gasteiger partial charge >= 0.3 is 6.61 Å². The monoisotopic (exact) mass is 406 g/mol. The number of halogens is 2. The van der Waals surface area contributed by atoms with Gasteiger partial charge in [0.15, 0.2) is 0 Å². The molecule has 1 aliphatic rings. The molecule has 1 aliphatic heterocycles. The van der Waals surface area contributed by atoms with E-state index in [0.29, 0.717) is 5.69 Å². The molecule has 1 heterocycles. The summed E-state index contributed by atoms with van der Waals surface area (Å²) in [5.41, 5.74) is 1.51. The molecule has 3 rings (SSSR count). The number of carbonyl (C=O) groups is 1. The van der Waals surface area contributed by atoms with Crippen LogP contribution in [0.25, 0.3) is 0 Å².